The van der Waals surface area contributed by atoms with E-state index in [1.54, 1.807) is 5.19 Å². The van der Waals surface area contributed by atoms with Gasteiger partial charge in [-0.3, -0.25) is 0 Å². The Kier molecular flexibility index (Phi) is 4.19. The number of benzene rings is 1. The fourth-order valence-electron chi connectivity index (χ4n) is 4.68. The van der Waals surface area contributed by atoms with Crippen LogP contribution >= 0.6 is 0 Å². The molecule has 1 aromatic rings. The van der Waals surface area contributed by atoms with E-state index in [-0.39, 0.29) is 0 Å². The van der Waals surface area contributed by atoms with Crippen molar-refractivity contribution in [2.75, 3.05) is 0 Å². The molecule has 3 atom stereocenters. The van der Waals surface area contributed by atoms with Crippen molar-refractivity contribution in [2.45, 2.75) is 69.6 Å². The Morgan fingerprint density at radius 3 is 2.48 bits per heavy atom. The summed E-state index contributed by atoms with van der Waals surface area (Å²) in [4.78, 5) is 0. The Balaban J connectivity index is 1.82. The van der Waals surface area contributed by atoms with Crippen molar-refractivity contribution < 1.29 is 4.43 Å². The highest BCUT2D eigenvalue weighted by Crippen LogP contribution is 2.51. The number of hydrogen-bond acceptors (Lipinski definition) is 1. The second kappa shape index (κ2) is 5.67. The first-order chi connectivity index (χ1) is 9.90. The molecule has 3 rings (SSSR count). The average Bonchev–Trinajstić information content (AvgIpc) is 2.70. The van der Waals surface area contributed by atoms with Crippen molar-refractivity contribution in [3.05, 3.63) is 30.3 Å². The average molecular weight is 319 g/mol. The zero-order valence-corrected chi connectivity index (χ0v) is 16.1. The monoisotopic (exact) mass is 318 g/mol. The smallest absolute Gasteiger partial charge is 0.190 e. The van der Waals surface area contributed by atoms with Crippen molar-refractivity contribution in [3.63, 3.8) is 0 Å². The van der Waals surface area contributed by atoms with E-state index >= 15 is 0 Å². The van der Waals surface area contributed by atoms with E-state index in [0.717, 1.165) is 11.5 Å². The van der Waals surface area contributed by atoms with E-state index in [1.165, 1.54) is 31.7 Å². The molecule has 2 fully saturated rings. The van der Waals surface area contributed by atoms with Gasteiger partial charge in [0.2, 0.25) is 0 Å². The summed E-state index contributed by atoms with van der Waals surface area (Å²) in [5.74, 6) is 0.871. The van der Waals surface area contributed by atoms with Crippen LogP contribution in [0.25, 0.3) is 0 Å². The second-order valence-electron chi connectivity index (χ2n) is 8.27. The quantitative estimate of drug-likeness (QED) is 0.730. The van der Waals surface area contributed by atoms with E-state index in [2.05, 4.69) is 56.5 Å². The molecule has 116 valence electrons. The molecule has 1 heterocycles. The lowest BCUT2D eigenvalue weighted by Crippen LogP contribution is -2.46. The molecule has 0 amide bonds. The van der Waals surface area contributed by atoms with Crippen molar-refractivity contribution >= 4 is 21.6 Å². The largest absolute Gasteiger partial charge is 0.414 e. The van der Waals surface area contributed by atoms with Gasteiger partial charge in [-0.2, -0.15) is 0 Å². The summed E-state index contributed by atoms with van der Waals surface area (Å²) >= 11 is 0. The van der Waals surface area contributed by atoms with Crippen LogP contribution in [0, 0.1) is 5.92 Å². The summed E-state index contributed by atoms with van der Waals surface area (Å²) in [7, 11) is -2.86. The molecular weight excluding hydrogens is 288 g/mol. The van der Waals surface area contributed by atoms with Crippen LogP contribution in [0.5, 0.6) is 0 Å². The molecule has 2 aliphatic rings. The Morgan fingerprint density at radius 2 is 1.76 bits per heavy atom. The molecule has 1 aromatic carbocycles. The molecule has 0 bridgehead atoms. The van der Waals surface area contributed by atoms with Crippen LogP contribution in [0.1, 0.15) is 25.7 Å². The maximum absolute atomic E-state index is 6.61. The van der Waals surface area contributed by atoms with Crippen LogP contribution in [0.3, 0.4) is 0 Å². The topological polar surface area (TPSA) is 9.23 Å². The van der Waals surface area contributed by atoms with Gasteiger partial charge in [0.25, 0.3) is 0 Å². The SMILES string of the molecule is C[Si](C)(C[C@H]1[C@@H]2CCCC[C@H]2O[Si]1(C)C)c1ccccc1. The number of hydrogen-bond donors (Lipinski definition) is 0. The first kappa shape index (κ1) is 15.5. The maximum Gasteiger partial charge on any atom is 0.190 e. The molecule has 0 aromatic heterocycles. The zero-order chi connectivity index (χ0) is 15.1. The lowest BCUT2D eigenvalue weighted by atomic mass is 9.84. The van der Waals surface area contributed by atoms with Crippen molar-refractivity contribution in [1.82, 2.24) is 0 Å². The molecule has 0 N–H and O–H groups in total. The van der Waals surface area contributed by atoms with E-state index < -0.39 is 16.4 Å². The van der Waals surface area contributed by atoms with E-state index in [0.29, 0.717) is 6.10 Å². The summed E-state index contributed by atoms with van der Waals surface area (Å²) in [6.45, 7) is 10.1. The normalized spacial score (nSPS) is 31.9. The predicted octanol–water partition coefficient (Wildman–Crippen LogP) is 4.77. The highest BCUT2D eigenvalue weighted by Gasteiger charge is 2.52. The Labute approximate surface area is 132 Å². The summed E-state index contributed by atoms with van der Waals surface area (Å²) in [5, 5.41) is 1.62. The van der Waals surface area contributed by atoms with E-state index in [1.807, 2.05) is 0 Å². The lowest BCUT2D eigenvalue weighted by Gasteiger charge is -2.35. The van der Waals surface area contributed by atoms with Crippen LogP contribution < -0.4 is 5.19 Å². The third-order valence-corrected chi connectivity index (χ3v) is 13.0. The van der Waals surface area contributed by atoms with Gasteiger partial charge in [0.1, 0.15) is 0 Å². The van der Waals surface area contributed by atoms with Crippen LogP contribution in [-0.2, 0) is 4.43 Å². The maximum atomic E-state index is 6.61. The van der Waals surface area contributed by atoms with Gasteiger partial charge >= 0.3 is 0 Å². The molecule has 1 aliphatic heterocycles. The zero-order valence-electron chi connectivity index (χ0n) is 14.1. The van der Waals surface area contributed by atoms with Gasteiger partial charge in [-0.1, -0.05) is 67.5 Å². The Bertz CT molecular complexity index is 483. The summed E-state index contributed by atoms with van der Waals surface area (Å²) in [6.07, 6.45) is 6.16. The fraction of sp³-hybridized carbons (Fsp3) is 0.667. The van der Waals surface area contributed by atoms with Crippen molar-refractivity contribution in [3.8, 4) is 0 Å². The van der Waals surface area contributed by atoms with Gasteiger partial charge in [0.05, 0.1) is 8.07 Å². The van der Waals surface area contributed by atoms with Crippen LogP contribution in [0.15, 0.2) is 30.3 Å². The highest BCUT2D eigenvalue weighted by atomic mass is 28.4. The van der Waals surface area contributed by atoms with Gasteiger partial charge < -0.3 is 4.43 Å². The first-order valence-corrected chi connectivity index (χ1v) is 14.8. The molecule has 1 nitrogen and oxygen atoms in total. The summed E-state index contributed by atoms with van der Waals surface area (Å²) < 4.78 is 6.61. The molecule has 0 radical (unpaired) electrons. The Morgan fingerprint density at radius 1 is 1.10 bits per heavy atom. The Hall–Kier alpha value is -0.386. The van der Waals surface area contributed by atoms with Crippen molar-refractivity contribution in [2.24, 2.45) is 5.92 Å². The summed E-state index contributed by atoms with van der Waals surface area (Å²) in [5.41, 5.74) is 0.879. The molecule has 3 heteroatoms. The van der Waals surface area contributed by atoms with E-state index in [4.69, 9.17) is 4.43 Å². The fourth-order valence-corrected chi connectivity index (χ4v) is 13.6. The lowest BCUT2D eigenvalue weighted by molar-refractivity contribution is 0.130. The van der Waals surface area contributed by atoms with Crippen LogP contribution in [-0.4, -0.2) is 22.5 Å². The molecule has 0 unspecified atom stereocenters. The minimum atomic E-state index is -1.51. The minimum Gasteiger partial charge on any atom is -0.414 e. The predicted molar refractivity (Wildman–Crippen MR) is 96.4 cm³/mol. The first-order valence-electron chi connectivity index (χ1n) is 8.63. The third kappa shape index (κ3) is 3.06. The van der Waals surface area contributed by atoms with Crippen molar-refractivity contribution in [1.29, 1.82) is 0 Å². The molecule has 1 aliphatic carbocycles. The molecular formula is C18H30OSi2. The number of fused-ring (bicyclic) bond motifs is 1. The molecule has 1 saturated carbocycles. The number of rotatable bonds is 3. The highest BCUT2D eigenvalue weighted by molar-refractivity contribution is 6.91. The third-order valence-electron chi connectivity index (χ3n) is 5.90. The van der Waals surface area contributed by atoms with Gasteiger partial charge in [-0.15, -0.1) is 0 Å². The van der Waals surface area contributed by atoms with E-state index in [9.17, 15) is 0 Å². The molecule has 1 saturated heterocycles. The molecule has 21 heavy (non-hydrogen) atoms. The minimum absolute atomic E-state index is 0.603. The van der Waals surface area contributed by atoms with Crippen LogP contribution in [0.4, 0.5) is 0 Å². The van der Waals surface area contributed by atoms with Gasteiger partial charge in [0.15, 0.2) is 8.32 Å². The standard InChI is InChI=1S/C18H30OSi2/c1-20(2,15-10-6-5-7-11-15)14-18-16-12-8-9-13-17(16)19-21(18,3)4/h5-7,10-11,16-18H,8-9,12-14H2,1-4H3/t16-,17-,18+/m1/s1. The van der Waals surface area contributed by atoms with Gasteiger partial charge in [-0.25, -0.2) is 0 Å². The van der Waals surface area contributed by atoms with Gasteiger partial charge in [0, 0.05) is 6.10 Å². The summed E-state index contributed by atoms with van der Waals surface area (Å²) in [6, 6.07) is 12.7. The van der Waals surface area contributed by atoms with Gasteiger partial charge in [-0.05, 0) is 37.4 Å². The van der Waals surface area contributed by atoms with Crippen LogP contribution in [0.2, 0.25) is 37.8 Å². The molecule has 0 spiro atoms. The second-order valence-corrected chi connectivity index (χ2v) is 17.2.